The number of fused-ring (bicyclic) bond motifs is 1. The van der Waals surface area contributed by atoms with E-state index in [0.29, 0.717) is 16.3 Å². The van der Waals surface area contributed by atoms with Crippen LogP contribution < -0.4 is 10.9 Å². The lowest BCUT2D eigenvalue weighted by Gasteiger charge is -2.06. The third-order valence-corrected chi connectivity index (χ3v) is 8.03. The summed E-state index contributed by atoms with van der Waals surface area (Å²) < 4.78 is 1.61. The van der Waals surface area contributed by atoms with Crippen LogP contribution in [0.1, 0.15) is 26.7 Å². The van der Waals surface area contributed by atoms with Crippen LogP contribution >= 0.6 is 34.4 Å². The molecule has 0 saturated heterocycles. The number of nitrogens with zero attached hydrogens (tertiary/aromatic N) is 3. The fourth-order valence-electron chi connectivity index (χ4n) is 3.10. The Labute approximate surface area is 192 Å². The fraction of sp³-hybridized carbons (Fsp3) is 0.273. The molecule has 0 aliphatic rings. The minimum absolute atomic E-state index is 0.0129. The largest absolute Gasteiger partial charge is 0.326 e. The number of carbonyl (C=O) groups is 1. The van der Waals surface area contributed by atoms with Crippen molar-refractivity contribution in [3.63, 3.8) is 0 Å². The van der Waals surface area contributed by atoms with E-state index in [1.807, 2.05) is 50.4 Å². The van der Waals surface area contributed by atoms with Crippen molar-refractivity contribution in [3.8, 4) is 0 Å². The van der Waals surface area contributed by atoms with Gasteiger partial charge in [0.2, 0.25) is 5.91 Å². The highest BCUT2D eigenvalue weighted by atomic mass is 32.2. The van der Waals surface area contributed by atoms with E-state index in [4.69, 9.17) is 4.98 Å². The first kappa shape index (κ1) is 21.7. The highest BCUT2D eigenvalue weighted by Gasteiger charge is 2.15. The molecule has 0 bridgehead atoms. The molecule has 0 aliphatic heterocycles. The van der Waals surface area contributed by atoms with Gasteiger partial charge in [-0.15, -0.1) is 22.7 Å². The van der Waals surface area contributed by atoms with Gasteiger partial charge in [-0.1, -0.05) is 29.5 Å². The number of hydrogen-bond acceptors (Lipinski definition) is 7. The Hall–Kier alpha value is -2.49. The van der Waals surface area contributed by atoms with E-state index in [1.165, 1.54) is 23.1 Å². The second kappa shape index (κ2) is 8.94. The van der Waals surface area contributed by atoms with E-state index in [1.54, 1.807) is 23.0 Å². The van der Waals surface area contributed by atoms with E-state index in [-0.39, 0.29) is 17.9 Å². The molecule has 6 nitrogen and oxygen atoms in total. The molecule has 4 aromatic rings. The zero-order chi connectivity index (χ0) is 22.1. The molecule has 0 radical (unpaired) electrons. The number of benzene rings is 1. The van der Waals surface area contributed by atoms with Crippen molar-refractivity contribution in [2.45, 2.75) is 38.1 Å². The summed E-state index contributed by atoms with van der Waals surface area (Å²) >= 11 is 4.51. The Morgan fingerprint density at radius 1 is 1.16 bits per heavy atom. The third-order valence-electron chi connectivity index (χ3n) is 4.96. The summed E-state index contributed by atoms with van der Waals surface area (Å²) in [6.07, 6.45) is 0.236. The van der Waals surface area contributed by atoms with Crippen LogP contribution in [0, 0.1) is 20.8 Å². The second-order valence-corrected chi connectivity index (χ2v) is 10.4. The number of aryl methyl sites for hydroxylation is 3. The Kier molecular flexibility index (Phi) is 6.27. The van der Waals surface area contributed by atoms with Gasteiger partial charge in [-0.2, -0.15) is 0 Å². The highest BCUT2D eigenvalue weighted by Crippen LogP contribution is 2.29. The molecule has 3 aromatic heterocycles. The first-order valence-corrected chi connectivity index (χ1v) is 12.4. The van der Waals surface area contributed by atoms with Crippen molar-refractivity contribution in [1.29, 1.82) is 0 Å². The van der Waals surface area contributed by atoms with Crippen LogP contribution in [0.4, 0.5) is 5.69 Å². The molecule has 1 amide bonds. The molecule has 0 saturated carbocycles. The average molecular weight is 471 g/mol. The van der Waals surface area contributed by atoms with E-state index in [2.05, 4.69) is 10.3 Å². The molecule has 0 atom stereocenters. The van der Waals surface area contributed by atoms with Crippen molar-refractivity contribution >= 4 is 56.2 Å². The van der Waals surface area contributed by atoms with Crippen molar-refractivity contribution in [2.24, 2.45) is 7.05 Å². The molecule has 4 rings (SSSR count). The SMILES string of the molecule is Cc1ccc(NC(=O)Cc2nc(CSc3nc4sc(C)c(C)c4c(=O)n3C)cs2)cc1. The molecular weight excluding hydrogens is 448 g/mol. The first-order valence-electron chi connectivity index (χ1n) is 9.71. The van der Waals surface area contributed by atoms with Gasteiger partial charge in [0, 0.05) is 28.7 Å². The topological polar surface area (TPSA) is 76.9 Å². The summed E-state index contributed by atoms with van der Waals surface area (Å²) in [5, 5.41) is 7.00. The van der Waals surface area contributed by atoms with E-state index >= 15 is 0 Å². The number of thiazole rings is 1. The van der Waals surface area contributed by atoms with Crippen molar-refractivity contribution in [2.75, 3.05) is 5.32 Å². The lowest BCUT2D eigenvalue weighted by Crippen LogP contribution is -2.19. The van der Waals surface area contributed by atoms with Gasteiger partial charge in [-0.3, -0.25) is 14.2 Å². The Balaban J connectivity index is 1.41. The maximum atomic E-state index is 12.7. The van der Waals surface area contributed by atoms with Gasteiger partial charge in [-0.25, -0.2) is 9.97 Å². The van der Waals surface area contributed by atoms with Crippen molar-refractivity contribution in [1.82, 2.24) is 14.5 Å². The van der Waals surface area contributed by atoms with Gasteiger partial charge in [0.05, 0.1) is 17.5 Å². The fourth-order valence-corrected chi connectivity index (χ4v) is 5.93. The number of thiophene rings is 1. The van der Waals surface area contributed by atoms with Crippen LogP contribution in [0.2, 0.25) is 0 Å². The number of aromatic nitrogens is 3. The Morgan fingerprint density at radius 3 is 2.65 bits per heavy atom. The lowest BCUT2D eigenvalue weighted by molar-refractivity contribution is -0.115. The lowest BCUT2D eigenvalue weighted by atomic mass is 10.2. The summed E-state index contributed by atoms with van der Waals surface area (Å²) in [5.74, 6) is 0.501. The minimum atomic E-state index is -0.0876. The van der Waals surface area contributed by atoms with Gasteiger partial charge >= 0.3 is 0 Å². The second-order valence-electron chi connectivity index (χ2n) is 7.33. The Bertz CT molecular complexity index is 1320. The van der Waals surface area contributed by atoms with Crippen LogP contribution in [0.25, 0.3) is 10.2 Å². The molecule has 1 aromatic carbocycles. The van der Waals surface area contributed by atoms with Crippen LogP contribution in [-0.2, 0) is 24.0 Å². The molecule has 9 heteroatoms. The zero-order valence-electron chi connectivity index (χ0n) is 17.7. The predicted molar refractivity (Wildman–Crippen MR) is 130 cm³/mol. The molecule has 0 unspecified atom stereocenters. The first-order chi connectivity index (χ1) is 14.8. The van der Waals surface area contributed by atoms with Gasteiger partial charge in [0.15, 0.2) is 5.16 Å². The van der Waals surface area contributed by atoms with Gasteiger partial charge < -0.3 is 5.32 Å². The smallest absolute Gasteiger partial charge is 0.262 e. The predicted octanol–water partition coefficient (Wildman–Crippen LogP) is 4.85. The molecule has 0 fully saturated rings. The summed E-state index contributed by atoms with van der Waals surface area (Å²) in [5.41, 5.74) is 3.81. The Morgan fingerprint density at radius 2 is 1.90 bits per heavy atom. The maximum absolute atomic E-state index is 12.7. The molecule has 0 spiro atoms. The minimum Gasteiger partial charge on any atom is -0.326 e. The number of thioether (sulfide) groups is 1. The van der Waals surface area contributed by atoms with E-state index < -0.39 is 0 Å². The van der Waals surface area contributed by atoms with Crippen LogP contribution in [0.3, 0.4) is 0 Å². The standard InChI is InChI=1S/C22H22N4O2S3/c1-12-5-7-15(8-6-12)23-17(27)9-18-24-16(10-29-18)11-30-22-25-20-19(21(28)26(22)4)13(2)14(3)31-20/h5-8,10H,9,11H2,1-4H3,(H,23,27). The molecular formula is C22H22N4O2S3. The molecule has 0 aliphatic carbocycles. The normalized spacial score (nSPS) is 11.2. The van der Waals surface area contributed by atoms with Gasteiger partial charge in [0.25, 0.3) is 5.56 Å². The monoisotopic (exact) mass is 470 g/mol. The van der Waals surface area contributed by atoms with Gasteiger partial charge in [-0.05, 0) is 38.5 Å². The number of amides is 1. The average Bonchev–Trinajstić information content (AvgIpc) is 3.29. The number of carbonyl (C=O) groups excluding carboxylic acids is 1. The van der Waals surface area contributed by atoms with Crippen LogP contribution in [-0.4, -0.2) is 20.4 Å². The summed E-state index contributed by atoms with van der Waals surface area (Å²) in [4.78, 5) is 36.2. The number of rotatable bonds is 6. The third kappa shape index (κ3) is 4.73. The molecule has 31 heavy (non-hydrogen) atoms. The van der Waals surface area contributed by atoms with Crippen molar-refractivity contribution in [3.05, 3.63) is 66.7 Å². The summed E-state index contributed by atoms with van der Waals surface area (Å²) in [7, 11) is 1.76. The van der Waals surface area contributed by atoms with Gasteiger partial charge in [0.1, 0.15) is 9.84 Å². The summed E-state index contributed by atoms with van der Waals surface area (Å²) in [6, 6.07) is 7.71. The van der Waals surface area contributed by atoms with E-state index in [0.717, 1.165) is 37.2 Å². The number of nitrogens with one attached hydrogen (secondary N) is 1. The number of anilines is 1. The van der Waals surface area contributed by atoms with Crippen LogP contribution in [0.15, 0.2) is 39.6 Å². The quantitative estimate of drug-likeness (QED) is 0.322. The zero-order valence-corrected chi connectivity index (χ0v) is 20.1. The number of hydrogen-bond donors (Lipinski definition) is 1. The highest BCUT2D eigenvalue weighted by molar-refractivity contribution is 7.98. The maximum Gasteiger partial charge on any atom is 0.262 e. The summed E-state index contributed by atoms with van der Waals surface area (Å²) in [6.45, 7) is 5.99. The molecule has 3 heterocycles. The molecule has 160 valence electrons. The van der Waals surface area contributed by atoms with Crippen LogP contribution in [0.5, 0.6) is 0 Å². The molecule has 1 N–H and O–H groups in total. The van der Waals surface area contributed by atoms with E-state index in [9.17, 15) is 9.59 Å². The van der Waals surface area contributed by atoms with Crippen molar-refractivity contribution < 1.29 is 4.79 Å².